The molecule has 1 atom stereocenters. The van der Waals surface area contributed by atoms with Crippen molar-refractivity contribution in [3.05, 3.63) is 36.5 Å². The lowest BCUT2D eigenvalue weighted by Crippen LogP contribution is -2.44. The number of nitrogens with zero attached hydrogens (tertiary/aromatic N) is 2. The number of urea groups is 1. The Bertz CT molecular complexity index is 610. The predicted molar refractivity (Wildman–Crippen MR) is 84.6 cm³/mol. The third-order valence-electron chi connectivity index (χ3n) is 3.95. The van der Waals surface area contributed by atoms with Crippen LogP contribution in [0.1, 0.15) is 12.8 Å². The number of likely N-dealkylation sites (tertiary alicyclic amines) is 1. The maximum absolute atomic E-state index is 12.3. The van der Waals surface area contributed by atoms with Crippen LogP contribution in [0.5, 0.6) is 0 Å². The first kappa shape index (κ1) is 14.6. The molecule has 1 aromatic heterocycles. The van der Waals surface area contributed by atoms with Crippen molar-refractivity contribution in [2.24, 2.45) is 0 Å². The number of H-pyrrole nitrogens is 1. The molecule has 0 unspecified atom stereocenters. The van der Waals surface area contributed by atoms with E-state index >= 15 is 0 Å². The van der Waals surface area contributed by atoms with Gasteiger partial charge in [-0.05, 0) is 36.6 Å². The van der Waals surface area contributed by atoms with E-state index in [1.54, 1.807) is 18.2 Å². The van der Waals surface area contributed by atoms with Gasteiger partial charge in [0, 0.05) is 32.1 Å². The third kappa shape index (κ3) is 3.28. The summed E-state index contributed by atoms with van der Waals surface area (Å²) in [5.41, 5.74) is 2.78. The van der Waals surface area contributed by atoms with Crippen LogP contribution in [-0.2, 0) is 4.74 Å². The number of methoxy groups -OCH3 is 1. The summed E-state index contributed by atoms with van der Waals surface area (Å²) in [6.07, 6.45) is 3.85. The number of rotatable bonds is 3. The van der Waals surface area contributed by atoms with Gasteiger partial charge in [0.25, 0.3) is 0 Å². The largest absolute Gasteiger partial charge is 0.380 e. The molecule has 1 saturated heterocycles. The van der Waals surface area contributed by atoms with E-state index in [1.165, 1.54) is 0 Å². The Morgan fingerprint density at radius 2 is 2.18 bits per heavy atom. The molecule has 6 heteroatoms. The van der Waals surface area contributed by atoms with Crippen LogP contribution in [0.2, 0.25) is 0 Å². The summed E-state index contributed by atoms with van der Waals surface area (Å²) < 4.78 is 5.35. The highest BCUT2D eigenvalue weighted by atomic mass is 16.5. The van der Waals surface area contributed by atoms with Crippen LogP contribution in [0, 0.1) is 0 Å². The van der Waals surface area contributed by atoms with Gasteiger partial charge in [-0.3, -0.25) is 5.10 Å². The fourth-order valence-electron chi connectivity index (χ4n) is 2.67. The lowest BCUT2D eigenvalue weighted by atomic mass is 10.1. The molecule has 116 valence electrons. The predicted octanol–water partition coefficient (Wildman–Crippen LogP) is 2.72. The Kier molecular flexibility index (Phi) is 4.39. The number of aromatic nitrogens is 2. The molecule has 0 spiro atoms. The lowest BCUT2D eigenvalue weighted by Gasteiger charge is -2.31. The number of amides is 2. The maximum Gasteiger partial charge on any atom is 0.321 e. The van der Waals surface area contributed by atoms with Crippen molar-refractivity contribution in [2.75, 3.05) is 25.5 Å². The van der Waals surface area contributed by atoms with Crippen LogP contribution in [-0.4, -0.2) is 47.4 Å². The van der Waals surface area contributed by atoms with Gasteiger partial charge in [-0.25, -0.2) is 4.79 Å². The minimum absolute atomic E-state index is 0.0731. The molecule has 1 aliphatic rings. The number of carbonyl (C=O) groups is 1. The van der Waals surface area contributed by atoms with Gasteiger partial charge in [-0.2, -0.15) is 5.10 Å². The summed E-state index contributed by atoms with van der Waals surface area (Å²) in [5.74, 6) is 0. The Morgan fingerprint density at radius 1 is 1.36 bits per heavy atom. The zero-order valence-electron chi connectivity index (χ0n) is 12.6. The van der Waals surface area contributed by atoms with Crippen LogP contribution in [0.3, 0.4) is 0 Å². The number of hydrogen-bond acceptors (Lipinski definition) is 3. The van der Waals surface area contributed by atoms with E-state index in [9.17, 15) is 4.79 Å². The van der Waals surface area contributed by atoms with E-state index in [0.717, 1.165) is 36.3 Å². The standard InChI is InChI=1S/C16H20N4O2/c1-22-14-3-2-10-20(11-14)16(21)18-13-6-4-12(5-7-13)15-8-9-17-19-15/h4-9,14H,2-3,10-11H2,1H3,(H,17,19)(H,18,21)/t14-/m0/s1. The average Bonchev–Trinajstić information content (AvgIpc) is 3.10. The topological polar surface area (TPSA) is 70.2 Å². The number of piperidine rings is 1. The Morgan fingerprint density at radius 3 is 2.86 bits per heavy atom. The molecular formula is C16H20N4O2. The molecule has 2 amide bonds. The van der Waals surface area contributed by atoms with E-state index in [4.69, 9.17) is 4.74 Å². The van der Waals surface area contributed by atoms with Crippen LogP contribution in [0.25, 0.3) is 11.3 Å². The van der Waals surface area contributed by atoms with E-state index in [-0.39, 0.29) is 12.1 Å². The van der Waals surface area contributed by atoms with E-state index in [1.807, 2.05) is 30.3 Å². The van der Waals surface area contributed by atoms with Crippen molar-refractivity contribution in [1.82, 2.24) is 15.1 Å². The van der Waals surface area contributed by atoms with E-state index in [0.29, 0.717) is 6.54 Å². The van der Waals surface area contributed by atoms with Crippen molar-refractivity contribution in [2.45, 2.75) is 18.9 Å². The maximum atomic E-state index is 12.3. The quantitative estimate of drug-likeness (QED) is 0.915. The van der Waals surface area contributed by atoms with Gasteiger partial charge in [-0.15, -0.1) is 0 Å². The number of aromatic amines is 1. The first-order valence-electron chi connectivity index (χ1n) is 7.45. The number of nitrogens with one attached hydrogen (secondary N) is 2. The number of hydrogen-bond donors (Lipinski definition) is 2. The minimum atomic E-state index is -0.0731. The zero-order chi connectivity index (χ0) is 15.4. The molecule has 0 saturated carbocycles. The highest BCUT2D eigenvalue weighted by Crippen LogP contribution is 2.20. The fraction of sp³-hybridized carbons (Fsp3) is 0.375. The summed E-state index contributed by atoms with van der Waals surface area (Å²) in [5, 5.41) is 9.78. The van der Waals surface area contributed by atoms with Crippen LogP contribution in [0.4, 0.5) is 10.5 Å². The first-order chi connectivity index (χ1) is 10.8. The molecule has 1 aromatic carbocycles. The first-order valence-corrected chi connectivity index (χ1v) is 7.45. The molecule has 2 aromatic rings. The second-order valence-corrected chi connectivity index (χ2v) is 5.42. The van der Waals surface area contributed by atoms with Crippen molar-refractivity contribution in [3.63, 3.8) is 0 Å². The van der Waals surface area contributed by atoms with Gasteiger partial charge in [0.2, 0.25) is 0 Å². The monoisotopic (exact) mass is 300 g/mol. The molecule has 2 N–H and O–H groups in total. The Labute approximate surface area is 129 Å². The number of benzene rings is 1. The normalized spacial score (nSPS) is 18.2. The Balaban J connectivity index is 1.62. The lowest BCUT2D eigenvalue weighted by molar-refractivity contribution is 0.0458. The molecule has 1 fully saturated rings. The highest BCUT2D eigenvalue weighted by molar-refractivity contribution is 5.89. The second kappa shape index (κ2) is 6.62. The molecule has 1 aliphatic heterocycles. The zero-order valence-corrected chi connectivity index (χ0v) is 12.6. The number of anilines is 1. The van der Waals surface area contributed by atoms with Crippen LogP contribution < -0.4 is 5.32 Å². The summed E-state index contributed by atoms with van der Waals surface area (Å²) in [6, 6.07) is 9.54. The molecule has 22 heavy (non-hydrogen) atoms. The van der Waals surface area contributed by atoms with E-state index in [2.05, 4.69) is 15.5 Å². The molecule has 0 radical (unpaired) electrons. The summed E-state index contributed by atoms with van der Waals surface area (Å²) in [4.78, 5) is 14.1. The highest BCUT2D eigenvalue weighted by Gasteiger charge is 2.23. The molecule has 0 bridgehead atoms. The van der Waals surface area contributed by atoms with Gasteiger partial charge in [0.15, 0.2) is 0 Å². The number of ether oxygens (including phenoxy) is 1. The van der Waals surface area contributed by atoms with Crippen molar-refractivity contribution in [3.8, 4) is 11.3 Å². The van der Waals surface area contributed by atoms with Crippen molar-refractivity contribution >= 4 is 11.7 Å². The SMILES string of the molecule is CO[C@H]1CCCN(C(=O)Nc2ccc(-c3ccn[nH]3)cc2)C1. The van der Waals surface area contributed by atoms with Gasteiger partial charge in [0.05, 0.1) is 11.8 Å². The second-order valence-electron chi connectivity index (χ2n) is 5.42. The minimum Gasteiger partial charge on any atom is -0.380 e. The van der Waals surface area contributed by atoms with Gasteiger partial charge in [0.1, 0.15) is 0 Å². The smallest absolute Gasteiger partial charge is 0.321 e. The van der Waals surface area contributed by atoms with E-state index < -0.39 is 0 Å². The molecule has 6 nitrogen and oxygen atoms in total. The fourth-order valence-corrected chi connectivity index (χ4v) is 2.67. The molecule has 2 heterocycles. The van der Waals surface area contributed by atoms with Gasteiger partial charge < -0.3 is 15.0 Å². The van der Waals surface area contributed by atoms with Gasteiger partial charge >= 0.3 is 6.03 Å². The third-order valence-corrected chi connectivity index (χ3v) is 3.95. The number of carbonyl (C=O) groups excluding carboxylic acids is 1. The molecular weight excluding hydrogens is 280 g/mol. The Hall–Kier alpha value is -2.34. The van der Waals surface area contributed by atoms with Crippen LogP contribution in [0.15, 0.2) is 36.5 Å². The van der Waals surface area contributed by atoms with Crippen LogP contribution >= 0.6 is 0 Å². The molecule has 0 aliphatic carbocycles. The van der Waals surface area contributed by atoms with Gasteiger partial charge in [-0.1, -0.05) is 12.1 Å². The van der Waals surface area contributed by atoms with Crippen molar-refractivity contribution in [1.29, 1.82) is 0 Å². The molecule has 3 rings (SSSR count). The summed E-state index contributed by atoms with van der Waals surface area (Å²) in [7, 11) is 1.69. The average molecular weight is 300 g/mol. The summed E-state index contributed by atoms with van der Waals surface area (Å²) in [6.45, 7) is 1.42. The van der Waals surface area contributed by atoms with Crippen molar-refractivity contribution < 1.29 is 9.53 Å². The summed E-state index contributed by atoms with van der Waals surface area (Å²) >= 11 is 0.